The van der Waals surface area contributed by atoms with E-state index in [1.165, 1.54) is 11.3 Å². The van der Waals surface area contributed by atoms with Gasteiger partial charge >= 0.3 is 0 Å². The lowest BCUT2D eigenvalue weighted by molar-refractivity contribution is 0.0951. The van der Waals surface area contributed by atoms with Crippen LogP contribution in [0.4, 0.5) is 0 Å². The van der Waals surface area contributed by atoms with Crippen molar-refractivity contribution in [2.75, 3.05) is 0 Å². The van der Waals surface area contributed by atoms with E-state index in [1.807, 2.05) is 42.1 Å². The van der Waals surface area contributed by atoms with Gasteiger partial charge in [0.1, 0.15) is 5.69 Å². The first-order chi connectivity index (χ1) is 9.75. The fourth-order valence-corrected chi connectivity index (χ4v) is 2.55. The summed E-state index contributed by atoms with van der Waals surface area (Å²) in [7, 11) is 1.98. The Labute approximate surface area is 119 Å². The number of fused-ring (bicyclic) bond motifs is 1. The van der Waals surface area contributed by atoms with Crippen LogP contribution in [-0.2, 0) is 7.05 Å². The van der Waals surface area contributed by atoms with Crippen LogP contribution in [0.15, 0.2) is 46.5 Å². The van der Waals surface area contributed by atoms with Gasteiger partial charge in [-0.25, -0.2) is 10.4 Å². The maximum absolute atomic E-state index is 11.7. The van der Waals surface area contributed by atoms with Crippen molar-refractivity contribution in [1.29, 1.82) is 0 Å². The van der Waals surface area contributed by atoms with Crippen molar-refractivity contribution in [3.05, 3.63) is 52.6 Å². The Morgan fingerprint density at radius 1 is 1.45 bits per heavy atom. The van der Waals surface area contributed by atoms with Gasteiger partial charge in [0.2, 0.25) is 0 Å². The summed E-state index contributed by atoms with van der Waals surface area (Å²) >= 11 is 1.38. The molecule has 20 heavy (non-hydrogen) atoms. The van der Waals surface area contributed by atoms with Gasteiger partial charge in [-0.15, -0.1) is 11.3 Å². The third-order valence-electron chi connectivity index (χ3n) is 2.96. The number of nitrogens with one attached hydrogen (secondary N) is 1. The zero-order chi connectivity index (χ0) is 13.9. The number of benzene rings is 1. The predicted molar refractivity (Wildman–Crippen MR) is 80.1 cm³/mol. The van der Waals surface area contributed by atoms with Crippen molar-refractivity contribution >= 4 is 34.4 Å². The summed E-state index contributed by atoms with van der Waals surface area (Å²) in [6.07, 6.45) is 3.62. The lowest BCUT2D eigenvalue weighted by atomic mass is 10.2. The predicted octanol–water partition coefficient (Wildman–Crippen LogP) is 2.40. The van der Waals surface area contributed by atoms with Gasteiger partial charge in [0.15, 0.2) is 0 Å². The van der Waals surface area contributed by atoms with Gasteiger partial charge in [-0.3, -0.25) is 4.79 Å². The third-order valence-corrected chi connectivity index (χ3v) is 3.55. The maximum atomic E-state index is 11.7. The molecule has 5 nitrogen and oxygen atoms in total. The fourth-order valence-electron chi connectivity index (χ4n) is 2.02. The second-order valence-electron chi connectivity index (χ2n) is 4.29. The SMILES string of the molecule is Cn1cc(C=NNC(=O)c2cscn2)c2ccccc21. The highest BCUT2D eigenvalue weighted by molar-refractivity contribution is 7.07. The van der Waals surface area contributed by atoms with E-state index in [4.69, 9.17) is 0 Å². The monoisotopic (exact) mass is 284 g/mol. The minimum atomic E-state index is -0.303. The number of thiazole rings is 1. The van der Waals surface area contributed by atoms with E-state index in [2.05, 4.69) is 15.5 Å². The molecule has 1 amide bonds. The van der Waals surface area contributed by atoms with E-state index >= 15 is 0 Å². The number of aromatic nitrogens is 2. The van der Waals surface area contributed by atoms with Crippen LogP contribution in [0, 0.1) is 0 Å². The Morgan fingerprint density at radius 2 is 2.30 bits per heavy atom. The molecule has 0 saturated heterocycles. The fraction of sp³-hybridized carbons (Fsp3) is 0.0714. The second kappa shape index (κ2) is 5.26. The minimum Gasteiger partial charge on any atom is -0.350 e. The van der Waals surface area contributed by atoms with Crippen LogP contribution in [-0.4, -0.2) is 21.7 Å². The van der Waals surface area contributed by atoms with Crippen molar-refractivity contribution in [3.8, 4) is 0 Å². The number of hydrazone groups is 1. The highest BCUT2D eigenvalue weighted by Crippen LogP contribution is 2.18. The number of hydrogen-bond donors (Lipinski definition) is 1. The number of aryl methyl sites for hydroxylation is 1. The Balaban J connectivity index is 1.80. The van der Waals surface area contributed by atoms with Gasteiger partial charge in [-0.05, 0) is 6.07 Å². The molecule has 2 heterocycles. The van der Waals surface area contributed by atoms with Gasteiger partial charge < -0.3 is 4.57 Å². The highest BCUT2D eigenvalue weighted by Gasteiger charge is 2.06. The Kier molecular flexibility index (Phi) is 3.30. The van der Waals surface area contributed by atoms with E-state index in [9.17, 15) is 4.79 Å². The van der Waals surface area contributed by atoms with E-state index in [-0.39, 0.29) is 5.91 Å². The molecule has 3 aromatic rings. The summed E-state index contributed by atoms with van der Waals surface area (Å²) < 4.78 is 2.03. The van der Waals surface area contributed by atoms with Crippen LogP contribution in [0.5, 0.6) is 0 Å². The first kappa shape index (κ1) is 12.6. The first-order valence-corrected chi connectivity index (χ1v) is 6.95. The van der Waals surface area contributed by atoms with Gasteiger partial charge in [-0.2, -0.15) is 5.10 Å². The first-order valence-electron chi connectivity index (χ1n) is 6.01. The summed E-state index contributed by atoms with van der Waals surface area (Å²) in [6, 6.07) is 8.04. The van der Waals surface area contributed by atoms with Crippen LogP contribution in [0.2, 0.25) is 0 Å². The molecule has 0 aliphatic carbocycles. The number of nitrogens with zero attached hydrogens (tertiary/aromatic N) is 3. The molecule has 6 heteroatoms. The maximum Gasteiger partial charge on any atom is 0.290 e. The zero-order valence-corrected chi connectivity index (χ0v) is 11.6. The van der Waals surface area contributed by atoms with Crippen LogP contribution in [0.3, 0.4) is 0 Å². The molecule has 0 aliphatic rings. The minimum absolute atomic E-state index is 0.303. The lowest BCUT2D eigenvalue weighted by Gasteiger charge is -1.94. The van der Waals surface area contributed by atoms with Crippen molar-refractivity contribution in [2.45, 2.75) is 0 Å². The van der Waals surface area contributed by atoms with Crippen molar-refractivity contribution in [1.82, 2.24) is 15.0 Å². The molecular weight excluding hydrogens is 272 g/mol. The van der Waals surface area contributed by atoms with E-state index in [0.29, 0.717) is 5.69 Å². The number of carbonyl (C=O) groups excluding carboxylic acids is 1. The van der Waals surface area contributed by atoms with Crippen LogP contribution in [0.25, 0.3) is 10.9 Å². The molecule has 0 bridgehead atoms. The van der Waals surface area contributed by atoms with Gasteiger partial charge in [-0.1, -0.05) is 18.2 Å². The molecular formula is C14H12N4OS. The van der Waals surface area contributed by atoms with Gasteiger partial charge in [0, 0.05) is 35.1 Å². The number of rotatable bonds is 3. The molecule has 3 rings (SSSR count). The quantitative estimate of drug-likeness (QED) is 0.593. The van der Waals surface area contributed by atoms with Crippen molar-refractivity contribution < 1.29 is 4.79 Å². The Morgan fingerprint density at radius 3 is 3.10 bits per heavy atom. The average Bonchev–Trinajstić information content (AvgIpc) is 3.09. The normalized spacial score (nSPS) is 11.2. The average molecular weight is 284 g/mol. The lowest BCUT2D eigenvalue weighted by Crippen LogP contribution is -2.17. The second-order valence-corrected chi connectivity index (χ2v) is 5.00. The van der Waals surface area contributed by atoms with E-state index < -0.39 is 0 Å². The topological polar surface area (TPSA) is 59.3 Å². The number of amides is 1. The zero-order valence-electron chi connectivity index (χ0n) is 10.8. The Hall–Kier alpha value is -2.47. The summed E-state index contributed by atoms with van der Waals surface area (Å²) in [4.78, 5) is 15.6. The molecule has 0 radical (unpaired) electrons. The molecule has 1 N–H and O–H groups in total. The number of carbonyl (C=O) groups is 1. The van der Waals surface area contributed by atoms with E-state index in [0.717, 1.165) is 16.5 Å². The van der Waals surface area contributed by atoms with Crippen LogP contribution in [0.1, 0.15) is 16.1 Å². The third kappa shape index (κ3) is 2.33. The molecule has 0 saturated carbocycles. The largest absolute Gasteiger partial charge is 0.350 e. The van der Waals surface area contributed by atoms with E-state index in [1.54, 1.807) is 17.1 Å². The highest BCUT2D eigenvalue weighted by atomic mass is 32.1. The van der Waals surface area contributed by atoms with Gasteiger partial charge in [0.25, 0.3) is 5.91 Å². The summed E-state index contributed by atoms with van der Waals surface area (Å²) in [6.45, 7) is 0. The molecule has 2 aromatic heterocycles. The van der Waals surface area contributed by atoms with Crippen LogP contribution >= 0.6 is 11.3 Å². The molecule has 0 atom stereocenters. The van der Waals surface area contributed by atoms with Crippen molar-refractivity contribution in [2.24, 2.45) is 12.1 Å². The van der Waals surface area contributed by atoms with Crippen LogP contribution < -0.4 is 5.43 Å². The Bertz CT molecular complexity index is 774. The number of hydrogen-bond acceptors (Lipinski definition) is 4. The molecule has 0 aliphatic heterocycles. The standard InChI is InChI=1S/C14H12N4OS/c1-18-7-10(11-4-2-3-5-13(11)18)6-16-17-14(19)12-8-20-9-15-12/h2-9H,1H3,(H,17,19). The number of para-hydroxylation sites is 1. The van der Waals surface area contributed by atoms with Gasteiger partial charge in [0.05, 0.1) is 11.7 Å². The summed E-state index contributed by atoms with van der Waals surface area (Å²) in [5, 5.41) is 6.77. The molecule has 0 spiro atoms. The summed E-state index contributed by atoms with van der Waals surface area (Å²) in [5.41, 5.74) is 6.55. The smallest absolute Gasteiger partial charge is 0.290 e. The van der Waals surface area contributed by atoms with Crippen molar-refractivity contribution in [3.63, 3.8) is 0 Å². The molecule has 100 valence electrons. The molecule has 0 unspecified atom stereocenters. The summed E-state index contributed by atoms with van der Waals surface area (Å²) in [5.74, 6) is -0.303. The molecule has 1 aromatic carbocycles. The molecule has 0 fully saturated rings.